The highest BCUT2D eigenvalue weighted by atomic mass is 32.1. The molecule has 2 N–H and O–H groups in total. The van der Waals surface area contributed by atoms with Gasteiger partial charge in [-0.25, -0.2) is 9.97 Å². The van der Waals surface area contributed by atoms with Crippen LogP contribution in [0.4, 0.5) is 5.13 Å². The van der Waals surface area contributed by atoms with E-state index in [0.717, 1.165) is 27.0 Å². The minimum absolute atomic E-state index is 0.526. The Morgan fingerprint density at radius 1 is 1.16 bits per heavy atom. The molecule has 0 radical (unpaired) electrons. The van der Waals surface area contributed by atoms with Crippen LogP contribution in [0.5, 0.6) is 5.88 Å². The maximum atomic E-state index is 5.84. The van der Waals surface area contributed by atoms with Gasteiger partial charge in [0.1, 0.15) is 5.52 Å². The molecule has 0 unspecified atom stereocenters. The fraction of sp³-hybridized carbons (Fsp3) is 0.143. The molecule has 0 fully saturated rings. The van der Waals surface area contributed by atoms with Crippen LogP contribution >= 0.6 is 11.3 Å². The number of aryl methyl sites for hydroxylation is 1. The van der Waals surface area contributed by atoms with E-state index in [2.05, 4.69) is 22.1 Å². The average molecular weight is 271 g/mol. The molecule has 0 atom stereocenters. The SMILES string of the molecule is COc1nc(C)c(-c2ccccc2)c2sc(N)nc12. The first kappa shape index (κ1) is 11.9. The predicted octanol–water partition coefficient (Wildman–Crippen LogP) is 3.26. The molecule has 0 bridgehead atoms. The second-order valence-corrected chi connectivity index (χ2v) is 5.21. The number of methoxy groups -OCH3 is 1. The summed E-state index contributed by atoms with van der Waals surface area (Å²) < 4.78 is 6.31. The van der Waals surface area contributed by atoms with Crippen LogP contribution in [-0.2, 0) is 0 Å². The molecule has 1 aromatic carbocycles. The van der Waals surface area contributed by atoms with Gasteiger partial charge >= 0.3 is 0 Å². The lowest BCUT2D eigenvalue weighted by atomic mass is 10.0. The minimum atomic E-state index is 0.526. The molecule has 0 aliphatic carbocycles. The van der Waals surface area contributed by atoms with Crippen LogP contribution in [0.15, 0.2) is 30.3 Å². The van der Waals surface area contributed by atoms with Gasteiger partial charge in [0.15, 0.2) is 5.13 Å². The molecular weight excluding hydrogens is 258 g/mol. The summed E-state index contributed by atoms with van der Waals surface area (Å²) in [4.78, 5) is 8.80. The number of nitrogens with zero attached hydrogens (tertiary/aromatic N) is 2. The molecule has 3 rings (SSSR count). The Morgan fingerprint density at radius 2 is 1.89 bits per heavy atom. The van der Waals surface area contributed by atoms with Crippen molar-refractivity contribution in [1.29, 1.82) is 0 Å². The number of anilines is 1. The second kappa shape index (κ2) is 4.51. The van der Waals surface area contributed by atoms with Crippen molar-refractivity contribution in [3.05, 3.63) is 36.0 Å². The van der Waals surface area contributed by atoms with Gasteiger partial charge in [-0.2, -0.15) is 0 Å². The van der Waals surface area contributed by atoms with E-state index in [1.807, 2.05) is 25.1 Å². The van der Waals surface area contributed by atoms with E-state index in [1.54, 1.807) is 7.11 Å². The van der Waals surface area contributed by atoms with Gasteiger partial charge in [0.25, 0.3) is 0 Å². The first-order valence-corrected chi connectivity index (χ1v) is 6.68. The van der Waals surface area contributed by atoms with Crippen LogP contribution < -0.4 is 10.5 Å². The lowest BCUT2D eigenvalue weighted by molar-refractivity contribution is 0.402. The Kier molecular flexibility index (Phi) is 2.83. The molecule has 0 aliphatic rings. The molecular formula is C14H13N3OS. The zero-order valence-corrected chi connectivity index (χ0v) is 11.5. The Labute approximate surface area is 114 Å². The summed E-state index contributed by atoms with van der Waals surface area (Å²) in [5.41, 5.74) is 9.67. The fourth-order valence-corrected chi connectivity index (χ4v) is 3.11. The molecule has 0 saturated heterocycles. The number of rotatable bonds is 2. The van der Waals surface area contributed by atoms with Crippen molar-refractivity contribution in [2.45, 2.75) is 6.92 Å². The third-order valence-electron chi connectivity index (χ3n) is 2.96. The van der Waals surface area contributed by atoms with Crippen LogP contribution in [0.3, 0.4) is 0 Å². The summed E-state index contributed by atoms with van der Waals surface area (Å²) in [6.07, 6.45) is 0. The van der Waals surface area contributed by atoms with Crippen LogP contribution in [0.25, 0.3) is 21.3 Å². The number of ether oxygens (including phenoxy) is 1. The topological polar surface area (TPSA) is 61.0 Å². The summed E-state index contributed by atoms with van der Waals surface area (Å²) in [7, 11) is 1.60. The van der Waals surface area contributed by atoms with Crippen molar-refractivity contribution in [2.75, 3.05) is 12.8 Å². The highest BCUT2D eigenvalue weighted by molar-refractivity contribution is 7.22. The van der Waals surface area contributed by atoms with Gasteiger partial charge in [0, 0.05) is 5.56 Å². The first-order valence-electron chi connectivity index (χ1n) is 5.86. The Morgan fingerprint density at radius 3 is 2.58 bits per heavy atom. The number of nitrogens with two attached hydrogens (primary N) is 1. The van der Waals surface area contributed by atoms with Gasteiger partial charge in [-0.3, -0.25) is 0 Å². The van der Waals surface area contributed by atoms with Crippen molar-refractivity contribution >= 4 is 26.7 Å². The van der Waals surface area contributed by atoms with Gasteiger partial charge in [0.05, 0.1) is 17.5 Å². The highest BCUT2D eigenvalue weighted by Crippen LogP contribution is 2.39. The van der Waals surface area contributed by atoms with Gasteiger partial charge in [-0.05, 0) is 12.5 Å². The first-order chi connectivity index (χ1) is 9.20. The molecule has 0 spiro atoms. The van der Waals surface area contributed by atoms with Crippen LogP contribution in [0, 0.1) is 6.92 Å². The van der Waals surface area contributed by atoms with Gasteiger partial charge < -0.3 is 10.5 Å². The van der Waals surface area contributed by atoms with Gasteiger partial charge in [-0.15, -0.1) is 0 Å². The Bertz CT molecular complexity index is 737. The number of aromatic nitrogens is 2. The molecule has 19 heavy (non-hydrogen) atoms. The summed E-state index contributed by atoms with van der Waals surface area (Å²) in [6, 6.07) is 10.1. The highest BCUT2D eigenvalue weighted by Gasteiger charge is 2.17. The fourth-order valence-electron chi connectivity index (χ4n) is 2.16. The quantitative estimate of drug-likeness (QED) is 0.777. The number of nitrogen functional groups attached to an aromatic ring is 1. The smallest absolute Gasteiger partial charge is 0.241 e. The van der Waals surface area contributed by atoms with E-state index < -0.39 is 0 Å². The van der Waals surface area contributed by atoms with Crippen LogP contribution in [-0.4, -0.2) is 17.1 Å². The summed E-state index contributed by atoms with van der Waals surface area (Å²) in [5.74, 6) is 0.528. The Hall–Kier alpha value is -2.14. The lowest BCUT2D eigenvalue weighted by Gasteiger charge is -2.09. The summed E-state index contributed by atoms with van der Waals surface area (Å²) >= 11 is 1.46. The zero-order valence-electron chi connectivity index (χ0n) is 10.7. The summed E-state index contributed by atoms with van der Waals surface area (Å²) in [6.45, 7) is 1.97. The number of hydrogen-bond donors (Lipinski definition) is 1. The van der Waals surface area contributed by atoms with E-state index in [1.165, 1.54) is 11.3 Å². The van der Waals surface area contributed by atoms with E-state index in [0.29, 0.717) is 11.0 Å². The normalized spacial score (nSPS) is 10.8. The number of benzene rings is 1. The third-order valence-corrected chi connectivity index (χ3v) is 3.86. The van der Waals surface area contributed by atoms with Crippen molar-refractivity contribution < 1.29 is 4.74 Å². The maximum Gasteiger partial charge on any atom is 0.241 e. The maximum absolute atomic E-state index is 5.84. The van der Waals surface area contributed by atoms with E-state index in [9.17, 15) is 0 Å². The minimum Gasteiger partial charge on any atom is -0.479 e. The molecule has 4 nitrogen and oxygen atoms in total. The van der Waals surface area contributed by atoms with Gasteiger partial charge in [-0.1, -0.05) is 41.7 Å². The largest absolute Gasteiger partial charge is 0.479 e. The molecule has 0 amide bonds. The van der Waals surface area contributed by atoms with Crippen molar-refractivity contribution in [3.8, 4) is 17.0 Å². The van der Waals surface area contributed by atoms with Crippen molar-refractivity contribution in [1.82, 2.24) is 9.97 Å². The Balaban J connectivity index is 2.39. The number of fused-ring (bicyclic) bond motifs is 1. The molecule has 96 valence electrons. The van der Waals surface area contributed by atoms with Crippen LogP contribution in [0.2, 0.25) is 0 Å². The van der Waals surface area contributed by atoms with Gasteiger partial charge in [0.2, 0.25) is 5.88 Å². The standard InChI is InChI=1S/C14H13N3OS/c1-8-10(9-6-4-3-5-7-9)12-11(13(16-8)18-2)17-14(15)19-12/h3-7H,1-2H3,(H2,15,17). The van der Waals surface area contributed by atoms with E-state index in [4.69, 9.17) is 10.5 Å². The van der Waals surface area contributed by atoms with E-state index >= 15 is 0 Å². The van der Waals surface area contributed by atoms with Crippen molar-refractivity contribution in [2.24, 2.45) is 0 Å². The predicted molar refractivity (Wildman–Crippen MR) is 78.6 cm³/mol. The number of pyridine rings is 1. The van der Waals surface area contributed by atoms with Crippen LogP contribution in [0.1, 0.15) is 5.69 Å². The number of hydrogen-bond acceptors (Lipinski definition) is 5. The van der Waals surface area contributed by atoms with Crippen molar-refractivity contribution in [3.63, 3.8) is 0 Å². The molecule has 2 heterocycles. The monoisotopic (exact) mass is 271 g/mol. The molecule has 0 aliphatic heterocycles. The molecule has 2 aromatic heterocycles. The number of thiazole rings is 1. The zero-order chi connectivity index (χ0) is 13.4. The average Bonchev–Trinajstić information content (AvgIpc) is 2.80. The lowest BCUT2D eigenvalue weighted by Crippen LogP contribution is -1.95. The molecule has 3 aromatic rings. The summed E-state index contributed by atoms with van der Waals surface area (Å²) in [5, 5.41) is 0.526. The second-order valence-electron chi connectivity index (χ2n) is 4.18. The van der Waals surface area contributed by atoms with E-state index in [-0.39, 0.29) is 0 Å². The molecule has 0 saturated carbocycles. The third kappa shape index (κ3) is 1.92. The molecule has 5 heteroatoms.